The van der Waals surface area contributed by atoms with Gasteiger partial charge in [0.2, 0.25) is 0 Å². The van der Waals surface area contributed by atoms with Gasteiger partial charge >= 0.3 is 7.12 Å². The average molecular weight is 388 g/mol. The second-order valence-electron chi connectivity index (χ2n) is 4.27. The van der Waals surface area contributed by atoms with Gasteiger partial charge in [0.05, 0.1) is 12.0 Å². The van der Waals surface area contributed by atoms with Crippen molar-refractivity contribution in [3.05, 3.63) is 51.3 Å². The molecule has 0 amide bonds. The van der Waals surface area contributed by atoms with Gasteiger partial charge < -0.3 is 19.8 Å². The molecule has 2 aromatic rings. The van der Waals surface area contributed by atoms with Gasteiger partial charge in [-0.05, 0) is 46.5 Å². The molecule has 118 valence electrons. The Morgan fingerprint density at radius 1 is 1.45 bits per heavy atom. The third kappa shape index (κ3) is 5.17. The summed E-state index contributed by atoms with van der Waals surface area (Å²) >= 11 is 8.51. The van der Waals surface area contributed by atoms with Crippen LogP contribution in [0.1, 0.15) is 6.92 Å². The van der Waals surface area contributed by atoms with Crippen LogP contribution in [0.15, 0.2) is 45.7 Å². The van der Waals surface area contributed by atoms with Gasteiger partial charge in [0.1, 0.15) is 5.75 Å². The topological polar surface area (TPSA) is 82.5 Å². The minimum absolute atomic E-state index is 0.0949. The molecular weight excluding hydrogens is 372 g/mol. The number of ether oxygens (including phenoxy) is 1. The van der Waals surface area contributed by atoms with Crippen LogP contribution in [0.4, 0.5) is 0 Å². The second kappa shape index (κ2) is 9.00. The summed E-state index contributed by atoms with van der Waals surface area (Å²) in [5, 5.41) is 17.9. The van der Waals surface area contributed by atoms with Crippen LogP contribution in [-0.2, 0) is 0 Å². The highest BCUT2D eigenvalue weighted by Gasteiger charge is 2.08. The van der Waals surface area contributed by atoms with E-state index in [0.717, 1.165) is 9.86 Å². The van der Waals surface area contributed by atoms with Crippen LogP contribution >= 0.6 is 27.5 Å². The molecule has 1 aromatic carbocycles. The standard InChI is InChI=1S/C11H10BrNO2.C3H6BClO2/c1-2-15-7-3-4-8-9(5-7)11(14)13-6-10(8)12;1-3(2-5)4(6)7/h3-6H,2H2,1H3,(H,13,14);6-7H,1-2H2. The quantitative estimate of drug-likeness (QED) is 0.555. The Bertz CT molecular complexity index is 705. The van der Waals surface area contributed by atoms with Crippen molar-refractivity contribution in [1.82, 2.24) is 4.98 Å². The molecule has 0 spiro atoms. The van der Waals surface area contributed by atoms with Crippen LogP contribution in [0.2, 0.25) is 0 Å². The van der Waals surface area contributed by atoms with E-state index in [1.165, 1.54) is 0 Å². The van der Waals surface area contributed by atoms with Gasteiger partial charge in [-0.1, -0.05) is 0 Å². The highest BCUT2D eigenvalue weighted by atomic mass is 79.9. The highest BCUT2D eigenvalue weighted by Crippen LogP contribution is 2.23. The van der Waals surface area contributed by atoms with Crippen molar-refractivity contribution in [3.63, 3.8) is 0 Å². The molecule has 2 rings (SSSR count). The molecule has 1 aromatic heterocycles. The number of pyridine rings is 1. The summed E-state index contributed by atoms with van der Waals surface area (Å²) in [5.74, 6) is 0.811. The predicted molar refractivity (Wildman–Crippen MR) is 93.5 cm³/mol. The fourth-order valence-electron chi connectivity index (χ4n) is 1.53. The number of benzene rings is 1. The molecule has 0 saturated carbocycles. The number of alkyl halides is 1. The van der Waals surface area contributed by atoms with Crippen LogP contribution in [-0.4, -0.2) is 34.6 Å². The van der Waals surface area contributed by atoms with Gasteiger partial charge in [-0.25, -0.2) is 0 Å². The van der Waals surface area contributed by atoms with Crippen LogP contribution in [0, 0.1) is 0 Å². The van der Waals surface area contributed by atoms with Crippen LogP contribution in [0.25, 0.3) is 10.8 Å². The molecule has 0 atom stereocenters. The smallest absolute Gasteiger partial charge is 0.484 e. The molecule has 0 aliphatic rings. The average Bonchev–Trinajstić information content (AvgIpc) is 2.51. The molecule has 0 radical (unpaired) electrons. The van der Waals surface area contributed by atoms with Crippen LogP contribution < -0.4 is 10.3 Å². The summed E-state index contributed by atoms with van der Waals surface area (Å²) in [5.41, 5.74) is 0.122. The van der Waals surface area contributed by atoms with Gasteiger partial charge in [-0.15, -0.1) is 18.2 Å². The first-order valence-corrected chi connectivity index (χ1v) is 7.77. The monoisotopic (exact) mass is 387 g/mol. The third-order valence-corrected chi connectivity index (χ3v) is 3.67. The lowest BCUT2D eigenvalue weighted by molar-refractivity contribution is 0.340. The number of rotatable bonds is 4. The van der Waals surface area contributed by atoms with Crippen molar-refractivity contribution in [1.29, 1.82) is 0 Å². The number of hydrogen-bond donors (Lipinski definition) is 3. The van der Waals surface area contributed by atoms with Gasteiger partial charge in [0.15, 0.2) is 0 Å². The van der Waals surface area contributed by atoms with Gasteiger partial charge in [-0.3, -0.25) is 4.79 Å². The van der Waals surface area contributed by atoms with E-state index in [-0.39, 0.29) is 16.9 Å². The van der Waals surface area contributed by atoms with Crippen molar-refractivity contribution >= 4 is 45.4 Å². The number of nitrogens with one attached hydrogen (secondary N) is 1. The Balaban J connectivity index is 0.000000295. The summed E-state index contributed by atoms with van der Waals surface area (Å²) in [7, 11) is -1.46. The number of aromatic nitrogens is 1. The molecule has 3 N–H and O–H groups in total. The summed E-state index contributed by atoms with van der Waals surface area (Å²) in [6.07, 6.45) is 1.64. The highest BCUT2D eigenvalue weighted by molar-refractivity contribution is 9.10. The zero-order chi connectivity index (χ0) is 16.7. The zero-order valence-electron chi connectivity index (χ0n) is 12.0. The second-order valence-corrected chi connectivity index (χ2v) is 5.39. The maximum absolute atomic E-state index is 11.6. The molecule has 1 heterocycles. The summed E-state index contributed by atoms with van der Waals surface area (Å²) < 4.78 is 6.22. The SMILES string of the molecule is C=C(CCl)B(O)O.CCOc1ccc2c(Br)c[nH]c(=O)c2c1. The lowest BCUT2D eigenvalue weighted by Gasteiger charge is -2.04. The van der Waals surface area contributed by atoms with Crippen molar-refractivity contribution < 1.29 is 14.8 Å². The van der Waals surface area contributed by atoms with E-state index < -0.39 is 7.12 Å². The molecule has 0 fully saturated rings. The zero-order valence-corrected chi connectivity index (χ0v) is 14.3. The lowest BCUT2D eigenvalue weighted by atomic mass is 9.82. The summed E-state index contributed by atoms with van der Waals surface area (Å²) in [4.78, 5) is 14.2. The number of hydrogen-bond acceptors (Lipinski definition) is 4. The van der Waals surface area contributed by atoms with Crippen molar-refractivity contribution in [2.75, 3.05) is 12.5 Å². The molecule has 5 nitrogen and oxygen atoms in total. The number of aromatic amines is 1. The van der Waals surface area contributed by atoms with E-state index in [2.05, 4.69) is 27.5 Å². The first kappa shape index (κ1) is 18.8. The fourth-order valence-corrected chi connectivity index (χ4v) is 2.13. The van der Waals surface area contributed by atoms with E-state index in [1.54, 1.807) is 12.3 Å². The Morgan fingerprint density at radius 3 is 2.64 bits per heavy atom. The van der Waals surface area contributed by atoms with Crippen LogP contribution in [0.3, 0.4) is 0 Å². The van der Waals surface area contributed by atoms with Gasteiger partial charge in [0, 0.05) is 21.9 Å². The number of halogens is 2. The number of fused-ring (bicyclic) bond motifs is 1. The van der Waals surface area contributed by atoms with E-state index in [9.17, 15) is 4.79 Å². The maximum Gasteiger partial charge on any atom is 0.484 e. The fraction of sp³-hybridized carbons (Fsp3) is 0.214. The third-order valence-electron chi connectivity index (χ3n) is 2.67. The molecule has 0 unspecified atom stereocenters. The maximum atomic E-state index is 11.6. The number of H-pyrrole nitrogens is 1. The normalized spacial score (nSPS) is 9.86. The van der Waals surface area contributed by atoms with E-state index in [1.807, 2.05) is 19.1 Å². The van der Waals surface area contributed by atoms with Gasteiger partial charge in [0.25, 0.3) is 5.56 Å². The van der Waals surface area contributed by atoms with E-state index in [4.69, 9.17) is 26.4 Å². The molecule has 22 heavy (non-hydrogen) atoms. The summed E-state index contributed by atoms with van der Waals surface area (Å²) in [6, 6.07) is 5.48. The molecule has 0 bridgehead atoms. The van der Waals surface area contributed by atoms with E-state index in [0.29, 0.717) is 17.7 Å². The van der Waals surface area contributed by atoms with Crippen LogP contribution in [0.5, 0.6) is 5.75 Å². The molecule has 0 aliphatic heterocycles. The Labute approximate surface area is 141 Å². The Morgan fingerprint density at radius 2 is 2.14 bits per heavy atom. The minimum atomic E-state index is -1.46. The lowest BCUT2D eigenvalue weighted by Crippen LogP contribution is -2.14. The Hall–Kier alpha value is -1.28. The molecule has 0 aliphatic carbocycles. The van der Waals surface area contributed by atoms with Crippen molar-refractivity contribution in [3.8, 4) is 5.75 Å². The first-order chi connectivity index (χ1) is 10.4. The molecule has 0 saturated heterocycles. The Kier molecular flexibility index (Phi) is 7.68. The van der Waals surface area contributed by atoms with Gasteiger partial charge in [-0.2, -0.15) is 0 Å². The van der Waals surface area contributed by atoms with E-state index >= 15 is 0 Å². The summed E-state index contributed by atoms with van der Waals surface area (Å²) in [6.45, 7) is 5.75. The predicted octanol–water partition coefficient (Wildman–Crippen LogP) is 2.48. The largest absolute Gasteiger partial charge is 0.494 e. The number of allylic oxidation sites excluding steroid dienone is 1. The molecule has 8 heteroatoms. The van der Waals surface area contributed by atoms with Crippen molar-refractivity contribution in [2.45, 2.75) is 6.92 Å². The molecular formula is C14H16BBrClNO4. The minimum Gasteiger partial charge on any atom is -0.494 e. The van der Waals surface area contributed by atoms with Crippen molar-refractivity contribution in [2.24, 2.45) is 0 Å². The first-order valence-electron chi connectivity index (χ1n) is 6.44.